The summed E-state index contributed by atoms with van der Waals surface area (Å²) in [6.45, 7) is 4.92. The highest BCUT2D eigenvalue weighted by molar-refractivity contribution is 5.76. The van der Waals surface area contributed by atoms with E-state index in [1.807, 2.05) is 6.08 Å². The van der Waals surface area contributed by atoms with Crippen molar-refractivity contribution >= 4 is 11.9 Å². The molecule has 0 fully saturated rings. The Balaban J connectivity index is 3.30. The number of carbonyl (C=O) groups excluding carboxylic acids is 2. The van der Waals surface area contributed by atoms with Crippen LogP contribution in [-0.2, 0) is 14.3 Å². The van der Waals surface area contributed by atoms with Crippen LogP contribution in [-0.4, -0.2) is 47.4 Å². The van der Waals surface area contributed by atoms with Crippen LogP contribution in [0.25, 0.3) is 0 Å². The molecule has 0 aromatic heterocycles. The summed E-state index contributed by atoms with van der Waals surface area (Å²) in [4.78, 5) is 24.6. The number of hydrogen-bond acceptors (Lipinski definition) is 5. The second kappa shape index (κ2) is 73.5. The lowest BCUT2D eigenvalue weighted by atomic mass is 10.0. The summed E-state index contributed by atoms with van der Waals surface area (Å²) in [6, 6.07) is -0.623. The molecule has 496 valence electrons. The molecule has 0 aliphatic heterocycles. The topological polar surface area (TPSA) is 95.9 Å². The van der Waals surface area contributed by atoms with Gasteiger partial charge in [0.2, 0.25) is 5.91 Å². The fourth-order valence-corrected chi connectivity index (χ4v) is 12.0. The first-order chi connectivity index (χ1) is 41.5. The van der Waals surface area contributed by atoms with Gasteiger partial charge in [-0.15, -0.1) is 0 Å². The lowest BCUT2D eigenvalue weighted by molar-refractivity contribution is -0.143. The molecule has 84 heavy (non-hydrogen) atoms. The smallest absolute Gasteiger partial charge is 0.305 e. The highest BCUT2D eigenvalue weighted by Crippen LogP contribution is 2.19. The molecule has 2 unspecified atom stereocenters. The normalized spacial score (nSPS) is 12.7. The number of aliphatic hydroxyl groups is 2. The third-order valence-electron chi connectivity index (χ3n) is 17.9. The first-order valence-electron chi connectivity index (χ1n) is 38.3. The zero-order chi connectivity index (χ0) is 60.6. The number of aliphatic hydroxyl groups excluding tert-OH is 2. The molecule has 0 bridgehead atoms. The Hall–Kier alpha value is -1.92. The summed E-state index contributed by atoms with van der Waals surface area (Å²) in [6.07, 6.45) is 95.6. The first-order valence-corrected chi connectivity index (χ1v) is 38.3. The van der Waals surface area contributed by atoms with Gasteiger partial charge in [0.15, 0.2) is 0 Å². The van der Waals surface area contributed by atoms with Crippen molar-refractivity contribution in [1.29, 1.82) is 0 Å². The van der Waals surface area contributed by atoms with Gasteiger partial charge in [-0.25, -0.2) is 0 Å². The predicted octanol–water partition coefficient (Wildman–Crippen LogP) is 25.0. The Morgan fingerprint density at radius 3 is 0.845 bits per heavy atom. The SMILES string of the molecule is CCCCCCCC/C=C\CCCCCCCCCC(=O)OCCCCCCCCCCCCCCCCCCCC/C=C\CCCCCCCCCCCCCCCCCCCC(=O)NC(CO)C(O)/C=C/CCCCCCCCCCC. The van der Waals surface area contributed by atoms with Crippen LogP contribution in [0, 0.1) is 0 Å². The van der Waals surface area contributed by atoms with Crippen molar-refractivity contribution in [3.8, 4) is 0 Å². The highest BCUT2D eigenvalue weighted by atomic mass is 16.5. The number of nitrogens with one attached hydrogen (secondary N) is 1. The maximum absolute atomic E-state index is 12.4. The lowest BCUT2D eigenvalue weighted by Gasteiger charge is -2.20. The molecule has 0 heterocycles. The number of unbranched alkanes of at least 4 members (excludes halogenated alkanes) is 57. The summed E-state index contributed by atoms with van der Waals surface area (Å²) >= 11 is 0. The van der Waals surface area contributed by atoms with Crippen molar-refractivity contribution in [2.75, 3.05) is 13.2 Å². The van der Waals surface area contributed by atoms with Crippen LogP contribution in [0.4, 0.5) is 0 Å². The van der Waals surface area contributed by atoms with Gasteiger partial charge in [0, 0.05) is 12.8 Å². The molecule has 0 aromatic carbocycles. The van der Waals surface area contributed by atoms with E-state index in [1.54, 1.807) is 6.08 Å². The van der Waals surface area contributed by atoms with Gasteiger partial charge >= 0.3 is 5.97 Å². The summed E-state index contributed by atoms with van der Waals surface area (Å²) in [5.74, 6) is -0.0437. The van der Waals surface area contributed by atoms with Crippen molar-refractivity contribution in [1.82, 2.24) is 5.32 Å². The third kappa shape index (κ3) is 69.2. The van der Waals surface area contributed by atoms with Crippen LogP contribution < -0.4 is 5.32 Å². The van der Waals surface area contributed by atoms with Crippen molar-refractivity contribution < 1.29 is 24.5 Å². The van der Waals surface area contributed by atoms with E-state index in [9.17, 15) is 19.8 Å². The van der Waals surface area contributed by atoms with Gasteiger partial charge in [-0.05, 0) is 83.5 Å². The van der Waals surface area contributed by atoms with Crippen LogP contribution in [0.15, 0.2) is 36.5 Å². The molecule has 2 atom stereocenters. The van der Waals surface area contributed by atoms with Gasteiger partial charge in [-0.1, -0.05) is 365 Å². The van der Waals surface area contributed by atoms with Gasteiger partial charge < -0.3 is 20.3 Å². The fourth-order valence-electron chi connectivity index (χ4n) is 12.0. The molecule has 0 radical (unpaired) electrons. The number of carbonyl (C=O) groups is 2. The zero-order valence-electron chi connectivity index (χ0n) is 56.9. The van der Waals surface area contributed by atoms with Crippen LogP contribution >= 0.6 is 0 Å². The van der Waals surface area contributed by atoms with Gasteiger partial charge in [0.05, 0.1) is 25.4 Å². The second-order valence-corrected chi connectivity index (χ2v) is 26.3. The van der Waals surface area contributed by atoms with E-state index in [-0.39, 0.29) is 18.5 Å². The van der Waals surface area contributed by atoms with E-state index in [0.717, 1.165) is 38.5 Å². The Morgan fingerprint density at radius 2 is 0.560 bits per heavy atom. The van der Waals surface area contributed by atoms with Gasteiger partial charge in [-0.2, -0.15) is 0 Å². The van der Waals surface area contributed by atoms with E-state index in [4.69, 9.17) is 4.74 Å². The maximum atomic E-state index is 12.4. The lowest BCUT2D eigenvalue weighted by Crippen LogP contribution is -2.45. The van der Waals surface area contributed by atoms with Crippen molar-refractivity contribution in [2.45, 2.75) is 437 Å². The highest BCUT2D eigenvalue weighted by Gasteiger charge is 2.18. The summed E-state index contributed by atoms with van der Waals surface area (Å²) < 4.78 is 5.51. The molecule has 0 aliphatic carbocycles. The van der Waals surface area contributed by atoms with Crippen molar-refractivity contribution in [3.05, 3.63) is 36.5 Å². The minimum Gasteiger partial charge on any atom is -0.466 e. The number of hydrogen-bond donors (Lipinski definition) is 3. The molecule has 3 N–H and O–H groups in total. The molecular formula is C78H149NO5. The zero-order valence-corrected chi connectivity index (χ0v) is 56.9. The monoisotopic (exact) mass is 1180 g/mol. The number of esters is 1. The molecule has 0 spiro atoms. The molecule has 6 nitrogen and oxygen atoms in total. The molecule has 6 heteroatoms. The number of rotatable bonds is 72. The molecule has 0 saturated heterocycles. The number of amides is 1. The fraction of sp³-hybridized carbons (Fsp3) is 0.897. The second-order valence-electron chi connectivity index (χ2n) is 26.3. The molecule has 0 aromatic rings. The average molecular weight is 1180 g/mol. The Morgan fingerprint density at radius 1 is 0.321 bits per heavy atom. The van der Waals surface area contributed by atoms with E-state index in [0.29, 0.717) is 19.4 Å². The summed E-state index contributed by atoms with van der Waals surface area (Å²) in [7, 11) is 0. The van der Waals surface area contributed by atoms with E-state index in [2.05, 4.69) is 43.5 Å². The standard InChI is InChI=1S/C78H149NO5/c1-3-5-7-9-11-13-15-16-17-41-45-48-52-56-60-64-68-72-78(83)84-73-69-65-61-57-53-49-46-43-40-38-36-34-32-30-28-26-24-22-20-18-19-21-23-25-27-29-31-33-35-37-39-42-44-47-51-55-59-63-67-71-77(82)79-75(74-80)76(81)70-66-62-58-54-50-14-12-10-8-6-4-2/h16-19,66,70,75-76,80-81H,3-15,20-65,67-69,71-74H2,1-2H3,(H,79,82)/b17-16-,19-18-,70-66+. The average Bonchev–Trinajstić information content (AvgIpc) is 3.53. The minimum atomic E-state index is -0.840. The number of ether oxygens (including phenoxy) is 1. The molecule has 0 rings (SSSR count). The Kier molecular flexibility index (Phi) is 71.9. The van der Waals surface area contributed by atoms with Gasteiger partial charge in [0.25, 0.3) is 0 Å². The predicted molar refractivity (Wildman–Crippen MR) is 370 cm³/mol. The molecular weight excluding hydrogens is 1030 g/mol. The third-order valence-corrected chi connectivity index (χ3v) is 17.9. The van der Waals surface area contributed by atoms with E-state index in [1.165, 1.54) is 360 Å². The Labute approximate surface area is 525 Å². The first kappa shape index (κ1) is 82.1. The van der Waals surface area contributed by atoms with Gasteiger partial charge in [-0.3, -0.25) is 9.59 Å². The van der Waals surface area contributed by atoms with Crippen LogP contribution in [0.3, 0.4) is 0 Å². The van der Waals surface area contributed by atoms with Crippen LogP contribution in [0.1, 0.15) is 425 Å². The van der Waals surface area contributed by atoms with Gasteiger partial charge in [0.1, 0.15) is 0 Å². The molecule has 0 saturated carbocycles. The Bertz CT molecular complexity index is 1360. The summed E-state index contributed by atoms with van der Waals surface area (Å²) in [5.41, 5.74) is 0. The molecule has 1 amide bonds. The van der Waals surface area contributed by atoms with Crippen molar-refractivity contribution in [3.63, 3.8) is 0 Å². The quantitative estimate of drug-likeness (QED) is 0.0320. The minimum absolute atomic E-state index is 0.0195. The summed E-state index contributed by atoms with van der Waals surface area (Å²) in [5, 5.41) is 23.1. The van der Waals surface area contributed by atoms with Crippen LogP contribution in [0.2, 0.25) is 0 Å². The van der Waals surface area contributed by atoms with Crippen LogP contribution in [0.5, 0.6) is 0 Å². The maximum Gasteiger partial charge on any atom is 0.305 e. The van der Waals surface area contributed by atoms with E-state index < -0.39 is 12.1 Å². The molecule has 0 aliphatic rings. The largest absolute Gasteiger partial charge is 0.466 e. The van der Waals surface area contributed by atoms with E-state index >= 15 is 0 Å². The van der Waals surface area contributed by atoms with Crippen molar-refractivity contribution in [2.24, 2.45) is 0 Å². The number of allylic oxidation sites excluding steroid dienone is 5.